The molecule has 2 aliphatic rings. The van der Waals surface area contributed by atoms with Crippen molar-refractivity contribution in [3.05, 3.63) is 12.2 Å². The van der Waals surface area contributed by atoms with Crippen LogP contribution in [0.1, 0.15) is 19.3 Å². The van der Waals surface area contributed by atoms with Gasteiger partial charge in [-0.05, 0) is 32.4 Å². The summed E-state index contributed by atoms with van der Waals surface area (Å²) in [5.74, 6) is 0. The van der Waals surface area contributed by atoms with Gasteiger partial charge < -0.3 is 0 Å². The molecule has 1 fully saturated rings. The number of rotatable bonds is 0. The molecule has 2 aliphatic heterocycles. The van der Waals surface area contributed by atoms with E-state index in [1.54, 1.807) is 0 Å². The van der Waals surface area contributed by atoms with E-state index < -0.39 is 0 Å². The fraction of sp³-hybridized carbons (Fsp3) is 0.750. The van der Waals surface area contributed by atoms with Crippen molar-refractivity contribution in [3.8, 4) is 0 Å². The van der Waals surface area contributed by atoms with Crippen LogP contribution in [0.15, 0.2) is 6.08 Å². The van der Waals surface area contributed by atoms with Gasteiger partial charge in [0.15, 0.2) is 0 Å². The quantitative estimate of drug-likeness (QED) is 0.467. The molecule has 0 aromatic carbocycles. The minimum atomic E-state index is 0.726. The van der Waals surface area contributed by atoms with Crippen LogP contribution in [0.25, 0.3) is 0 Å². The second-order valence-electron chi connectivity index (χ2n) is 3.04. The van der Waals surface area contributed by atoms with Crippen LogP contribution in [0.4, 0.5) is 0 Å². The van der Waals surface area contributed by atoms with E-state index in [0.717, 1.165) is 18.5 Å². The van der Waals surface area contributed by atoms with Crippen molar-refractivity contribution in [2.24, 2.45) is 0 Å². The smallest absolute Gasteiger partial charge is 0.0284 e. The van der Waals surface area contributed by atoms with Gasteiger partial charge in [-0.25, -0.2) is 0 Å². The molecule has 1 radical (unpaired) electrons. The van der Waals surface area contributed by atoms with Gasteiger partial charge in [0.2, 0.25) is 0 Å². The van der Waals surface area contributed by atoms with E-state index in [0.29, 0.717) is 0 Å². The Hall–Kier alpha value is -0.300. The Balaban J connectivity index is 2.22. The zero-order valence-corrected chi connectivity index (χ0v) is 5.80. The summed E-state index contributed by atoms with van der Waals surface area (Å²) in [5.41, 5.74) is 0. The van der Waals surface area contributed by atoms with Crippen molar-refractivity contribution in [3.63, 3.8) is 0 Å². The molecule has 1 saturated heterocycles. The first kappa shape index (κ1) is 5.48. The van der Waals surface area contributed by atoms with Gasteiger partial charge in [-0.1, -0.05) is 6.08 Å². The van der Waals surface area contributed by atoms with Crippen LogP contribution in [0, 0.1) is 6.08 Å². The summed E-state index contributed by atoms with van der Waals surface area (Å²) in [4.78, 5) is 2.47. The summed E-state index contributed by atoms with van der Waals surface area (Å²) in [5, 5.41) is 0. The molecule has 0 amide bonds. The van der Waals surface area contributed by atoms with Crippen LogP contribution < -0.4 is 0 Å². The Morgan fingerprint density at radius 1 is 1.56 bits per heavy atom. The molecule has 2 bridgehead atoms. The second kappa shape index (κ2) is 1.84. The first-order valence-corrected chi connectivity index (χ1v) is 3.66. The van der Waals surface area contributed by atoms with E-state index >= 15 is 0 Å². The molecule has 0 saturated carbocycles. The molecule has 0 aromatic rings. The molecule has 2 heterocycles. The van der Waals surface area contributed by atoms with Crippen LogP contribution in [-0.2, 0) is 0 Å². The highest BCUT2D eigenvalue weighted by Gasteiger charge is 2.30. The Morgan fingerprint density at radius 3 is 3.11 bits per heavy atom. The number of hydrogen-bond donors (Lipinski definition) is 0. The monoisotopic (exact) mass is 122 g/mol. The van der Waals surface area contributed by atoms with Gasteiger partial charge in [0.05, 0.1) is 0 Å². The minimum absolute atomic E-state index is 0.726. The lowest BCUT2D eigenvalue weighted by molar-refractivity contribution is 0.257. The van der Waals surface area contributed by atoms with Crippen LogP contribution >= 0.6 is 0 Å². The fourth-order valence-corrected chi connectivity index (χ4v) is 1.83. The van der Waals surface area contributed by atoms with Gasteiger partial charge in [-0.2, -0.15) is 0 Å². The molecule has 49 valence electrons. The van der Waals surface area contributed by atoms with Gasteiger partial charge in [0.25, 0.3) is 0 Å². The van der Waals surface area contributed by atoms with E-state index in [-0.39, 0.29) is 0 Å². The first-order chi connectivity index (χ1) is 4.38. The Morgan fingerprint density at radius 2 is 2.44 bits per heavy atom. The highest BCUT2D eigenvalue weighted by atomic mass is 15.2. The zero-order valence-electron chi connectivity index (χ0n) is 5.80. The molecule has 9 heavy (non-hydrogen) atoms. The van der Waals surface area contributed by atoms with E-state index in [1.165, 1.54) is 12.8 Å². The molecule has 0 spiro atoms. The topological polar surface area (TPSA) is 3.24 Å². The summed E-state index contributed by atoms with van der Waals surface area (Å²) in [6.07, 6.45) is 9.43. The van der Waals surface area contributed by atoms with Crippen LogP contribution in [0.2, 0.25) is 0 Å². The Labute approximate surface area is 56.4 Å². The lowest BCUT2D eigenvalue weighted by atomic mass is 10.1. The van der Waals surface area contributed by atoms with Crippen LogP contribution in [0.5, 0.6) is 0 Å². The third kappa shape index (κ3) is 0.715. The van der Waals surface area contributed by atoms with Crippen LogP contribution in [-0.4, -0.2) is 24.0 Å². The maximum atomic E-state index is 3.31. The summed E-state index contributed by atoms with van der Waals surface area (Å²) in [6.45, 7) is 0. The largest absolute Gasteiger partial charge is 0.297 e. The minimum Gasteiger partial charge on any atom is -0.297 e. The summed E-state index contributed by atoms with van der Waals surface area (Å²) in [6, 6.07) is 1.55. The highest BCUT2D eigenvalue weighted by Crippen LogP contribution is 2.28. The number of nitrogens with zero attached hydrogens (tertiary/aromatic N) is 1. The SMILES string of the molecule is CN1C2C=[C]CC1CC2. The third-order valence-corrected chi connectivity index (χ3v) is 2.56. The molecular weight excluding hydrogens is 110 g/mol. The van der Waals surface area contributed by atoms with Crippen molar-refractivity contribution in [1.29, 1.82) is 0 Å². The first-order valence-electron chi connectivity index (χ1n) is 3.66. The third-order valence-electron chi connectivity index (χ3n) is 2.56. The van der Waals surface area contributed by atoms with Gasteiger partial charge in [0, 0.05) is 12.1 Å². The molecule has 0 N–H and O–H groups in total. The van der Waals surface area contributed by atoms with E-state index in [2.05, 4.69) is 24.1 Å². The Kier molecular flexibility index (Phi) is 1.12. The highest BCUT2D eigenvalue weighted by molar-refractivity contribution is 5.03. The molecule has 1 heteroatoms. The average molecular weight is 122 g/mol. The van der Waals surface area contributed by atoms with Crippen molar-refractivity contribution in [2.75, 3.05) is 7.05 Å². The normalized spacial score (nSPS) is 41.9. The Bertz CT molecular complexity index is 140. The van der Waals surface area contributed by atoms with E-state index in [9.17, 15) is 0 Å². The molecule has 2 rings (SSSR count). The van der Waals surface area contributed by atoms with Gasteiger partial charge in [-0.15, -0.1) is 0 Å². The number of likely N-dealkylation sites (N-methyl/N-ethyl adjacent to an activating group) is 1. The lowest BCUT2D eigenvalue weighted by Gasteiger charge is -2.25. The van der Waals surface area contributed by atoms with Gasteiger partial charge in [-0.3, -0.25) is 4.90 Å². The van der Waals surface area contributed by atoms with E-state index in [1.807, 2.05) is 0 Å². The molecule has 0 aliphatic carbocycles. The van der Waals surface area contributed by atoms with Gasteiger partial charge >= 0.3 is 0 Å². The van der Waals surface area contributed by atoms with Crippen molar-refractivity contribution < 1.29 is 0 Å². The fourth-order valence-electron chi connectivity index (χ4n) is 1.83. The van der Waals surface area contributed by atoms with E-state index in [4.69, 9.17) is 0 Å². The van der Waals surface area contributed by atoms with Crippen molar-refractivity contribution in [1.82, 2.24) is 4.90 Å². The van der Waals surface area contributed by atoms with Crippen molar-refractivity contribution in [2.45, 2.75) is 31.3 Å². The maximum absolute atomic E-state index is 3.31. The molecule has 2 unspecified atom stereocenters. The average Bonchev–Trinajstić information content (AvgIpc) is 2.19. The molecule has 2 atom stereocenters. The summed E-state index contributed by atoms with van der Waals surface area (Å²) < 4.78 is 0. The summed E-state index contributed by atoms with van der Waals surface area (Å²) in [7, 11) is 2.22. The predicted molar refractivity (Wildman–Crippen MR) is 37.0 cm³/mol. The van der Waals surface area contributed by atoms with Gasteiger partial charge in [0.1, 0.15) is 0 Å². The lowest BCUT2D eigenvalue weighted by Crippen LogP contribution is -2.33. The second-order valence-corrected chi connectivity index (χ2v) is 3.04. The predicted octanol–water partition coefficient (Wildman–Crippen LogP) is 1.21. The maximum Gasteiger partial charge on any atom is 0.0284 e. The molecule has 0 aromatic heterocycles. The summed E-state index contributed by atoms with van der Waals surface area (Å²) >= 11 is 0. The number of hydrogen-bond acceptors (Lipinski definition) is 1. The van der Waals surface area contributed by atoms with Crippen LogP contribution in [0.3, 0.4) is 0 Å². The standard InChI is InChI=1S/C8H12N/c1-9-7-3-2-4-8(9)6-5-7/h3,7-8H,4-6H2,1H3. The molecule has 1 nitrogen and oxygen atoms in total. The number of fused-ring (bicyclic) bond motifs is 2. The van der Waals surface area contributed by atoms with Crippen molar-refractivity contribution >= 4 is 0 Å². The molecular formula is C8H12N. The zero-order chi connectivity index (χ0) is 6.27.